The van der Waals surface area contributed by atoms with Gasteiger partial charge in [-0.25, -0.2) is 14.4 Å². The van der Waals surface area contributed by atoms with Gasteiger partial charge in [-0.1, -0.05) is 51.1 Å². The van der Waals surface area contributed by atoms with Crippen molar-refractivity contribution in [3.63, 3.8) is 0 Å². The van der Waals surface area contributed by atoms with Gasteiger partial charge >= 0.3 is 0 Å². The third kappa shape index (κ3) is 6.05. The van der Waals surface area contributed by atoms with Crippen molar-refractivity contribution in [1.29, 1.82) is 0 Å². The molecule has 8 heteroatoms. The van der Waals surface area contributed by atoms with Crippen molar-refractivity contribution in [3.8, 4) is 10.7 Å². The number of aromatic nitrogens is 3. The molecule has 1 aliphatic rings. The largest absolute Gasteiger partial charge is 0.370 e. The van der Waals surface area contributed by atoms with Gasteiger partial charge in [0.25, 0.3) is 0 Å². The van der Waals surface area contributed by atoms with Gasteiger partial charge in [-0.15, -0.1) is 11.3 Å². The van der Waals surface area contributed by atoms with Crippen LogP contribution in [0, 0.1) is 11.3 Å². The number of nitrogens with zero attached hydrogens (tertiary/aromatic N) is 3. The first-order chi connectivity index (χ1) is 16.8. The molecule has 1 aromatic carbocycles. The molecule has 1 unspecified atom stereocenters. The van der Waals surface area contributed by atoms with E-state index in [2.05, 4.69) is 42.5 Å². The molecule has 0 amide bonds. The van der Waals surface area contributed by atoms with Gasteiger partial charge < -0.3 is 15.0 Å². The maximum atomic E-state index is 14.8. The van der Waals surface area contributed by atoms with Gasteiger partial charge in [-0.05, 0) is 30.2 Å². The predicted molar refractivity (Wildman–Crippen MR) is 137 cm³/mol. The Morgan fingerprint density at radius 3 is 2.69 bits per heavy atom. The Hall–Kier alpha value is -2.42. The van der Waals surface area contributed by atoms with Crippen LogP contribution in [0.2, 0.25) is 0 Å². The highest BCUT2D eigenvalue weighted by Gasteiger charge is 2.44. The minimum Gasteiger partial charge on any atom is -0.370 e. The van der Waals surface area contributed by atoms with Crippen LogP contribution in [0.25, 0.3) is 10.7 Å². The molecule has 2 aromatic heterocycles. The summed E-state index contributed by atoms with van der Waals surface area (Å²) >= 11 is 1.52. The number of Topliss-reactive ketones (excluding diaryl/α,β-unsaturated/α-hetero) is 1. The minimum absolute atomic E-state index is 0.0383. The van der Waals surface area contributed by atoms with Crippen molar-refractivity contribution in [2.24, 2.45) is 17.1 Å². The molecule has 0 radical (unpaired) electrons. The van der Waals surface area contributed by atoms with Crippen molar-refractivity contribution in [3.05, 3.63) is 59.5 Å². The van der Waals surface area contributed by atoms with Gasteiger partial charge in [-0.3, -0.25) is 4.79 Å². The number of alkyl halides is 1. The Bertz CT molecular complexity index is 1090. The first-order valence-electron chi connectivity index (χ1n) is 12.3. The number of carbonyl (C=O) groups excluding carboxylic acids is 1. The SMILES string of the molecule is CC(C)(C)C(c1nc(-c2nccs2)cn1Cc1ccccc1)[C@@H](C[C@H](F)CN)C(=O)[C@@H]1CCCO1. The van der Waals surface area contributed by atoms with Crippen molar-refractivity contribution < 1.29 is 13.9 Å². The first kappa shape index (κ1) is 25.7. The number of hydrogen-bond donors (Lipinski definition) is 1. The average Bonchev–Trinajstić information content (AvgIpc) is 3.60. The maximum absolute atomic E-state index is 14.8. The molecule has 3 aromatic rings. The second-order valence-electron chi connectivity index (χ2n) is 10.4. The molecule has 0 bridgehead atoms. The summed E-state index contributed by atoms with van der Waals surface area (Å²) in [7, 11) is 0. The molecule has 1 saturated heterocycles. The number of halogens is 1. The van der Waals surface area contributed by atoms with E-state index in [1.807, 2.05) is 29.8 Å². The van der Waals surface area contributed by atoms with Crippen LogP contribution in [0.3, 0.4) is 0 Å². The number of nitrogens with two attached hydrogens (primary N) is 1. The fraction of sp³-hybridized carbons (Fsp3) is 0.519. The first-order valence-corrected chi connectivity index (χ1v) is 13.2. The van der Waals surface area contributed by atoms with Gasteiger partial charge in [0, 0.05) is 49.3 Å². The number of benzene rings is 1. The summed E-state index contributed by atoms with van der Waals surface area (Å²) in [4.78, 5) is 23.3. The third-order valence-electron chi connectivity index (χ3n) is 6.65. The minimum atomic E-state index is -1.27. The van der Waals surface area contributed by atoms with E-state index in [-0.39, 0.29) is 30.1 Å². The molecule has 3 heterocycles. The van der Waals surface area contributed by atoms with E-state index in [1.54, 1.807) is 6.20 Å². The van der Waals surface area contributed by atoms with Gasteiger partial charge in [-0.2, -0.15) is 0 Å². The van der Waals surface area contributed by atoms with Crippen molar-refractivity contribution >= 4 is 17.1 Å². The van der Waals surface area contributed by atoms with Gasteiger partial charge in [0.15, 0.2) is 5.78 Å². The summed E-state index contributed by atoms with van der Waals surface area (Å²) in [6.45, 7) is 7.32. The summed E-state index contributed by atoms with van der Waals surface area (Å²) in [5, 5.41) is 2.74. The third-order valence-corrected chi connectivity index (χ3v) is 7.44. The fourth-order valence-corrected chi connectivity index (χ4v) is 5.63. The van der Waals surface area contributed by atoms with E-state index in [0.29, 0.717) is 19.6 Å². The maximum Gasteiger partial charge on any atom is 0.165 e. The second-order valence-corrected chi connectivity index (χ2v) is 11.3. The highest BCUT2D eigenvalue weighted by Crippen LogP contribution is 2.45. The van der Waals surface area contributed by atoms with Gasteiger partial charge in [0.2, 0.25) is 0 Å². The molecular weight excluding hydrogens is 463 g/mol. The van der Waals surface area contributed by atoms with Crippen LogP contribution in [0.4, 0.5) is 4.39 Å². The molecule has 1 fully saturated rings. The summed E-state index contributed by atoms with van der Waals surface area (Å²) < 4.78 is 22.7. The van der Waals surface area contributed by atoms with Crippen LogP contribution in [-0.2, 0) is 16.1 Å². The molecule has 6 nitrogen and oxygen atoms in total. The predicted octanol–water partition coefficient (Wildman–Crippen LogP) is 5.24. The zero-order chi connectivity index (χ0) is 25.0. The molecule has 4 atom stereocenters. The highest BCUT2D eigenvalue weighted by molar-refractivity contribution is 7.13. The lowest BCUT2D eigenvalue weighted by atomic mass is 9.68. The Kier molecular flexibility index (Phi) is 8.14. The quantitative estimate of drug-likeness (QED) is 0.414. The van der Waals surface area contributed by atoms with Crippen molar-refractivity contribution in [1.82, 2.24) is 14.5 Å². The molecule has 35 heavy (non-hydrogen) atoms. The highest BCUT2D eigenvalue weighted by atomic mass is 32.1. The Morgan fingerprint density at radius 2 is 2.09 bits per heavy atom. The molecular formula is C27H35FN4O2S. The lowest BCUT2D eigenvalue weighted by molar-refractivity contribution is -0.134. The number of imidazole rings is 1. The zero-order valence-electron chi connectivity index (χ0n) is 20.7. The Labute approximate surface area is 210 Å². The summed E-state index contributed by atoms with van der Waals surface area (Å²) in [5.41, 5.74) is 7.19. The molecule has 4 rings (SSSR count). The van der Waals surface area contributed by atoms with Crippen LogP contribution in [0.15, 0.2) is 48.1 Å². The lowest BCUT2D eigenvalue weighted by Crippen LogP contribution is -2.40. The standard InChI is InChI=1S/C27H35FN4O2S/c1-27(2,3)23(20(14-19(28)15-29)24(33)22-10-7-12-34-22)25-31-21(26-30-11-13-35-26)17-32(25)16-18-8-5-4-6-9-18/h4-6,8-9,11,13,17,19-20,22-23H,7,10,12,14-16,29H2,1-3H3/t19-,20+,22-,23?/m0/s1. The molecule has 2 N–H and O–H groups in total. The number of rotatable bonds is 10. The zero-order valence-corrected chi connectivity index (χ0v) is 21.5. The number of ketones is 1. The van der Waals surface area contributed by atoms with E-state index in [9.17, 15) is 9.18 Å². The molecule has 0 spiro atoms. The fourth-order valence-electron chi connectivity index (χ4n) is 5.04. The smallest absolute Gasteiger partial charge is 0.165 e. The number of ether oxygens (including phenoxy) is 1. The van der Waals surface area contributed by atoms with Crippen LogP contribution >= 0.6 is 11.3 Å². The lowest BCUT2D eigenvalue weighted by Gasteiger charge is -2.37. The monoisotopic (exact) mass is 498 g/mol. The summed E-state index contributed by atoms with van der Waals surface area (Å²) in [6, 6.07) is 10.1. The van der Waals surface area contributed by atoms with Crippen LogP contribution in [0.1, 0.15) is 57.3 Å². The summed E-state index contributed by atoms with van der Waals surface area (Å²) in [6.07, 6.45) is 3.57. The van der Waals surface area contributed by atoms with Gasteiger partial charge in [0.1, 0.15) is 28.8 Å². The van der Waals surface area contributed by atoms with Crippen LogP contribution in [-0.4, -0.2) is 45.7 Å². The van der Waals surface area contributed by atoms with E-state index < -0.39 is 18.2 Å². The topological polar surface area (TPSA) is 83.0 Å². The van der Waals surface area contributed by atoms with Crippen molar-refractivity contribution in [2.75, 3.05) is 13.2 Å². The van der Waals surface area contributed by atoms with Gasteiger partial charge in [0.05, 0.1) is 0 Å². The van der Waals surface area contributed by atoms with E-state index >= 15 is 0 Å². The molecule has 0 saturated carbocycles. The Morgan fingerprint density at radius 1 is 1.31 bits per heavy atom. The molecule has 188 valence electrons. The van der Waals surface area contributed by atoms with Crippen LogP contribution < -0.4 is 5.73 Å². The average molecular weight is 499 g/mol. The summed E-state index contributed by atoms with van der Waals surface area (Å²) in [5.74, 6) is -0.199. The number of carbonyl (C=O) groups is 1. The van der Waals surface area contributed by atoms with E-state index in [0.717, 1.165) is 28.5 Å². The van der Waals surface area contributed by atoms with E-state index in [4.69, 9.17) is 15.5 Å². The van der Waals surface area contributed by atoms with Crippen LogP contribution in [0.5, 0.6) is 0 Å². The molecule has 1 aliphatic heterocycles. The normalized spacial score (nSPS) is 18.9. The number of thiazole rings is 1. The van der Waals surface area contributed by atoms with Crippen molar-refractivity contribution in [2.45, 2.75) is 64.8 Å². The van der Waals surface area contributed by atoms with E-state index in [1.165, 1.54) is 11.3 Å². The number of hydrogen-bond acceptors (Lipinski definition) is 6. The second kappa shape index (κ2) is 11.1. The Balaban J connectivity index is 1.82. The molecule has 0 aliphatic carbocycles.